The molecule has 2 saturated heterocycles. The van der Waals surface area contributed by atoms with Gasteiger partial charge in [-0.05, 0) is 13.8 Å². The Morgan fingerprint density at radius 3 is 2.05 bits per heavy atom. The minimum Gasteiger partial charge on any atom is -0.378 e. The molecule has 0 bridgehead atoms. The quantitative estimate of drug-likeness (QED) is 0.760. The average molecular weight is 306 g/mol. The van der Waals surface area contributed by atoms with Crippen molar-refractivity contribution < 1.29 is 14.3 Å². The zero-order valence-electron chi connectivity index (χ0n) is 13.2. The average Bonchev–Trinajstić information content (AvgIpc) is 2.55. The van der Waals surface area contributed by atoms with Crippen LogP contribution in [-0.4, -0.2) is 68.4 Å². The SMILES string of the molecule is CC(=O)c1c(C)nc(N2CCOCC2)nc1N1CCOCC1. The van der Waals surface area contributed by atoms with E-state index in [2.05, 4.69) is 14.8 Å². The van der Waals surface area contributed by atoms with Gasteiger partial charge in [0.2, 0.25) is 5.95 Å². The lowest BCUT2D eigenvalue weighted by atomic mass is 10.1. The molecule has 3 rings (SSSR count). The standard InChI is InChI=1S/C15H22N4O3/c1-11-13(12(2)20)14(18-3-7-21-8-4-18)17-15(16-11)19-5-9-22-10-6-19/h3-10H2,1-2H3. The second kappa shape index (κ2) is 6.58. The molecule has 120 valence electrons. The van der Waals surface area contributed by atoms with Gasteiger partial charge < -0.3 is 19.3 Å². The number of ketones is 1. The number of Topliss-reactive ketones (excluding diaryl/α,β-unsaturated/α-hetero) is 1. The number of hydrogen-bond donors (Lipinski definition) is 0. The molecule has 22 heavy (non-hydrogen) atoms. The van der Waals surface area contributed by atoms with Gasteiger partial charge in [0.15, 0.2) is 5.78 Å². The molecule has 0 aliphatic carbocycles. The van der Waals surface area contributed by atoms with Crippen LogP contribution in [0.3, 0.4) is 0 Å². The molecule has 7 nitrogen and oxygen atoms in total. The summed E-state index contributed by atoms with van der Waals surface area (Å²) in [5, 5.41) is 0. The summed E-state index contributed by atoms with van der Waals surface area (Å²) in [4.78, 5) is 25.6. The Balaban J connectivity index is 1.99. The molecule has 3 heterocycles. The van der Waals surface area contributed by atoms with Gasteiger partial charge in [-0.15, -0.1) is 0 Å². The molecule has 2 fully saturated rings. The molecule has 7 heteroatoms. The fraction of sp³-hybridized carbons (Fsp3) is 0.667. The Morgan fingerprint density at radius 1 is 0.955 bits per heavy atom. The van der Waals surface area contributed by atoms with Crippen molar-refractivity contribution in [1.82, 2.24) is 9.97 Å². The van der Waals surface area contributed by atoms with Gasteiger partial charge in [0.25, 0.3) is 0 Å². The van der Waals surface area contributed by atoms with E-state index in [1.807, 2.05) is 6.92 Å². The van der Waals surface area contributed by atoms with Crippen LogP contribution in [0.25, 0.3) is 0 Å². The Morgan fingerprint density at radius 2 is 1.50 bits per heavy atom. The van der Waals surface area contributed by atoms with Crippen molar-refractivity contribution >= 4 is 17.5 Å². The van der Waals surface area contributed by atoms with Crippen LogP contribution in [0.2, 0.25) is 0 Å². The molecule has 1 aromatic heterocycles. The first-order valence-electron chi connectivity index (χ1n) is 7.72. The largest absolute Gasteiger partial charge is 0.378 e. The van der Waals surface area contributed by atoms with Crippen molar-refractivity contribution in [2.45, 2.75) is 13.8 Å². The van der Waals surface area contributed by atoms with E-state index >= 15 is 0 Å². The Kier molecular flexibility index (Phi) is 4.54. The van der Waals surface area contributed by atoms with E-state index in [4.69, 9.17) is 14.5 Å². The van der Waals surface area contributed by atoms with Crippen LogP contribution in [-0.2, 0) is 9.47 Å². The Labute approximate surface area is 130 Å². The van der Waals surface area contributed by atoms with Crippen LogP contribution < -0.4 is 9.80 Å². The predicted molar refractivity (Wildman–Crippen MR) is 82.8 cm³/mol. The number of carbonyl (C=O) groups excluding carboxylic acids is 1. The maximum Gasteiger partial charge on any atom is 0.227 e. The molecule has 0 N–H and O–H groups in total. The molecular formula is C15H22N4O3. The highest BCUT2D eigenvalue weighted by Crippen LogP contribution is 2.25. The van der Waals surface area contributed by atoms with Gasteiger partial charge in [-0.3, -0.25) is 4.79 Å². The van der Waals surface area contributed by atoms with E-state index < -0.39 is 0 Å². The molecule has 0 atom stereocenters. The highest BCUT2D eigenvalue weighted by atomic mass is 16.5. The fourth-order valence-electron chi connectivity index (χ4n) is 2.86. The first kappa shape index (κ1) is 15.2. The highest BCUT2D eigenvalue weighted by molar-refractivity contribution is 6.00. The molecule has 0 unspecified atom stereocenters. The molecule has 1 aromatic rings. The summed E-state index contributed by atoms with van der Waals surface area (Å²) in [5.74, 6) is 1.43. The highest BCUT2D eigenvalue weighted by Gasteiger charge is 2.24. The first-order valence-corrected chi connectivity index (χ1v) is 7.72. The third-order valence-electron chi connectivity index (χ3n) is 4.02. The smallest absolute Gasteiger partial charge is 0.227 e. The van der Waals surface area contributed by atoms with Gasteiger partial charge in [0.1, 0.15) is 5.82 Å². The lowest BCUT2D eigenvalue weighted by Gasteiger charge is -2.32. The van der Waals surface area contributed by atoms with Crippen LogP contribution in [0.15, 0.2) is 0 Å². The fourth-order valence-corrected chi connectivity index (χ4v) is 2.86. The van der Waals surface area contributed by atoms with Crippen molar-refractivity contribution in [1.29, 1.82) is 0 Å². The molecule has 2 aliphatic rings. The molecule has 2 aliphatic heterocycles. The summed E-state index contributed by atoms with van der Waals surface area (Å²) in [7, 11) is 0. The van der Waals surface area contributed by atoms with Crippen molar-refractivity contribution in [2.75, 3.05) is 62.4 Å². The monoisotopic (exact) mass is 306 g/mol. The predicted octanol–water partition coefficient (Wildman–Crippen LogP) is 0.661. The number of nitrogens with zero attached hydrogens (tertiary/aromatic N) is 4. The topological polar surface area (TPSA) is 67.8 Å². The minimum absolute atomic E-state index is 0.00696. The van der Waals surface area contributed by atoms with Crippen LogP contribution in [0.4, 0.5) is 11.8 Å². The summed E-state index contributed by atoms with van der Waals surface area (Å²) >= 11 is 0. The van der Waals surface area contributed by atoms with E-state index in [0.29, 0.717) is 37.9 Å². The third kappa shape index (κ3) is 3.05. The van der Waals surface area contributed by atoms with Gasteiger partial charge in [-0.1, -0.05) is 0 Å². The van der Waals surface area contributed by atoms with Crippen LogP contribution in [0, 0.1) is 6.92 Å². The second-order valence-corrected chi connectivity index (χ2v) is 5.56. The van der Waals surface area contributed by atoms with Crippen molar-refractivity contribution in [3.05, 3.63) is 11.3 Å². The number of ether oxygens (including phenoxy) is 2. The summed E-state index contributed by atoms with van der Waals surface area (Å²) in [6.07, 6.45) is 0. The number of aryl methyl sites for hydroxylation is 1. The number of morpholine rings is 2. The van der Waals surface area contributed by atoms with Gasteiger partial charge in [-0.25, -0.2) is 4.98 Å². The van der Waals surface area contributed by atoms with Gasteiger partial charge >= 0.3 is 0 Å². The van der Waals surface area contributed by atoms with Gasteiger partial charge in [0, 0.05) is 26.2 Å². The third-order valence-corrected chi connectivity index (χ3v) is 4.02. The van der Waals surface area contributed by atoms with E-state index in [0.717, 1.165) is 37.7 Å². The number of anilines is 2. The molecule has 0 saturated carbocycles. The minimum atomic E-state index is 0.00696. The summed E-state index contributed by atoms with van der Waals surface area (Å²) < 4.78 is 10.8. The zero-order chi connectivity index (χ0) is 15.5. The summed E-state index contributed by atoms with van der Waals surface area (Å²) in [6.45, 7) is 9.20. The van der Waals surface area contributed by atoms with Crippen molar-refractivity contribution in [3.8, 4) is 0 Å². The molecule has 0 radical (unpaired) electrons. The summed E-state index contributed by atoms with van der Waals surface area (Å²) in [5.41, 5.74) is 1.37. The maximum absolute atomic E-state index is 12.0. The van der Waals surface area contributed by atoms with Crippen molar-refractivity contribution in [2.24, 2.45) is 0 Å². The van der Waals surface area contributed by atoms with Crippen molar-refractivity contribution in [3.63, 3.8) is 0 Å². The van der Waals surface area contributed by atoms with Gasteiger partial charge in [-0.2, -0.15) is 4.98 Å². The summed E-state index contributed by atoms with van der Waals surface area (Å²) in [6, 6.07) is 0. The lowest BCUT2D eigenvalue weighted by Crippen LogP contribution is -2.40. The lowest BCUT2D eigenvalue weighted by molar-refractivity contribution is 0.101. The van der Waals surface area contributed by atoms with E-state index in [1.54, 1.807) is 6.92 Å². The number of aromatic nitrogens is 2. The molecule has 0 amide bonds. The Bertz CT molecular complexity index is 552. The van der Waals surface area contributed by atoms with Crippen LogP contribution >= 0.6 is 0 Å². The number of hydrogen-bond acceptors (Lipinski definition) is 7. The zero-order valence-corrected chi connectivity index (χ0v) is 13.2. The first-order chi connectivity index (χ1) is 10.7. The normalized spacial score (nSPS) is 19.4. The molecule has 0 aromatic carbocycles. The van der Waals surface area contributed by atoms with E-state index in [-0.39, 0.29) is 5.78 Å². The Hall–Kier alpha value is -1.73. The molecule has 0 spiro atoms. The van der Waals surface area contributed by atoms with E-state index in [1.165, 1.54) is 0 Å². The molecular weight excluding hydrogens is 284 g/mol. The van der Waals surface area contributed by atoms with Crippen LogP contribution in [0.5, 0.6) is 0 Å². The van der Waals surface area contributed by atoms with Gasteiger partial charge in [0.05, 0.1) is 37.7 Å². The van der Waals surface area contributed by atoms with E-state index in [9.17, 15) is 4.79 Å². The number of rotatable bonds is 3. The maximum atomic E-state index is 12.0. The second-order valence-electron chi connectivity index (χ2n) is 5.56. The van der Waals surface area contributed by atoms with Crippen LogP contribution in [0.1, 0.15) is 23.0 Å². The number of carbonyl (C=O) groups is 1.